The van der Waals surface area contributed by atoms with Gasteiger partial charge >= 0.3 is 17.9 Å². The summed E-state index contributed by atoms with van der Waals surface area (Å²) >= 11 is 11.2. The first-order valence-electron chi connectivity index (χ1n) is 7.58. The second-order valence-corrected chi connectivity index (χ2v) is 6.35. The molecule has 0 unspecified atom stereocenters. The molecule has 0 aliphatic carbocycles. The Bertz CT molecular complexity index is 464. The fourth-order valence-electron chi connectivity index (χ4n) is 1.69. The van der Waals surface area contributed by atoms with E-state index in [1.54, 1.807) is 0 Å². The van der Waals surface area contributed by atoms with Crippen molar-refractivity contribution in [3.05, 3.63) is 0 Å². The average Bonchev–Trinajstić information content (AvgIpc) is 2.71. The Morgan fingerprint density at radius 3 is 1.19 bits per heavy atom. The van der Waals surface area contributed by atoms with Crippen molar-refractivity contribution in [2.24, 2.45) is 0 Å². The van der Waals surface area contributed by atoms with E-state index in [9.17, 15) is 29.7 Å². The molecule has 10 nitrogen and oxygen atoms in total. The van der Waals surface area contributed by atoms with Gasteiger partial charge in [0.1, 0.15) is 25.4 Å². The van der Waals surface area contributed by atoms with Crippen LogP contribution in [-0.2, 0) is 33.3 Å². The van der Waals surface area contributed by atoms with Gasteiger partial charge < -0.3 is 34.3 Å². The van der Waals surface area contributed by atoms with Gasteiger partial charge in [-0.25, -0.2) is 0 Å². The quantitative estimate of drug-likeness (QED) is 0.0989. The zero-order valence-electron chi connectivity index (χ0n) is 14.4. The Morgan fingerprint density at radius 1 is 0.630 bits per heavy atom. The number of carbonyl (C=O) groups excluding carboxylic acids is 3. The van der Waals surface area contributed by atoms with Crippen LogP contribution in [0.5, 0.6) is 0 Å². The van der Waals surface area contributed by atoms with E-state index < -0.39 is 68.8 Å². The number of ether oxygens (including phenoxy) is 4. The van der Waals surface area contributed by atoms with E-state index in [1.165, 1.54) is 0 Å². The van der Waals surface area contributed by atoms with Gasteiger partial charge in [0.05, 0.1) is 37.1 Å². The van der Waals surface area contributed by atoms with Gasteiger partial charge in [-0.2, -0.15) is 37.9 Å². The van der Waals surface area contributed by atoms with E-state index in [2.05, 4.69) is 37.9 Å². The van der Waals surface area contributed by atoms with Crippen molar-refractivity contribution < 1.29 is 48.7 Å². The van der Waals surface area contributed by atoms with Gasteiger partial charge in [0.25, 0.3) is 0 Å². The maximum atomic E-state index is 11.4. The molecule has 0 radical (unpaired) electrons. The number of rotatable bonds is 14. The Morgan fingerprint density at radius 2 is 0.926 bits per heavy atom. The molecule has 0 aromatic heterocycles. The molecule has 0 atom stereocenters. The van der Waals surface area contributed by atoms with Crippen molar-refractivity contribution in [3.8, 4) is 0 Å². The third kappa shape index (κ3) is 9.36. The normalized spacial score (nSPS) is 11.8. The highest BCUT2D eigenvalue weighted by atomic mass is 32.1. The van der Waals surface area contributed by atoms with E-state index >= 15 is 0 Å². The van der Waals surface area contributed by atoms with E-state index in [0.29, 0.717) is 0 Å². The van der Waals surface area contributed by atoms with E-state index in [-0.39, 0.29) is 17.3 Å². The molecule has 0 aromatic rings. The summed E-state index contributed by atoms with van der Waals surface area (Å²) in [7, 11) is 0. The van der Waals surface area contributed by atoms with E-state index in [4.69, 9.17) is 18.9 Å². The summed E-state index contributed by atoms with van der Waals surface area (Å²) in [6.45, 7) is -4.26. The number of esters is 3. The zero-order valence-corrected chi connectivity index (χ0v) is 17.1. The fourth-order valence-corrected chi connectivity index (χ4v) is 1.97. The summed E-state index contributed by atoms with van der Waals surface area (Å²) in [4.78, 5) is 34.1. The molecule has 0 aliphatic heterocycles. The lowest BCUT2D eigenvalue weighted by atomic mass is 10.0. The Kier molecular flexibility index (Phi) is 13.1. The molecule has 3 N–H and O–H groups in total. The first-order chi connectivity index (χ1) is 12.8. The van der Waals surface area contributed by atoms with Crippen molar-refractivity contribution in [1.29, 1.82) is 0 Å². The molecule has 0 amide bonds. The van der Waals surface area contributed by atoms with Gasteiger partial charge in [0, 0.05) is 0 Å². The summed E-state index contributed by atoms with van der Waals surface area (Å²) in [5.74, 6) is -3.02. The largest absolute Gasteiger partial charge is 0.462 e. The molecule has 158 valence electrons. The number of hydrogen-bond acceptors (Lipinski definition) is 13. The maximum Gasteiger partial charge on any atom is 0.315 e. The highest BCUT2D eigenvalue weighted by Gasteiger charge is 2.44. The molecule has 0 aromatic carbocycles. The molecule has 0 fully saturated rings. The lowest BCUT2D eigenvalue weighted by Crippen LogP contribution is -2.58. The first kappa shape index (κ1) is 26.3. The predicted molar refractivity (Wildman–Crippen MR) is 102 cm³/mol. The van der Waals surface area contributed by atoms with Crippen LogP contribution in [0.2, 0.25) is 0 Å². The van der Waals surface area contributed by atoms with Crippen LogP contribution in [0.3, 0.4) is 0 Å². The first-order valence-corrected chi connectivity index (χ1v) is 9.48. The second-order valence-electron chi connectivity index (χ2n) is 5.40. The second kappa shape index (κ2) is 13.5. The molecule has 0 heterocycles. The van der Waals surface area contributed by atoms with Gasteiger partial charge in [-0.3, -0.25) is 14.4 Å². The monoisotopic (exact) mass is 448 g/mol. The van der Waals surface area contributed by atoms with Gasteiger partial charge in [0.2, 0.25) is 0 Å². The smallest absolute Gasteiger partial charge is 0.315 e. The lowest BCUT2D eigenvalue weighted by Gasteiger charge is -2.40. The molecule has 0 saturated carbocycles. The van der Waals surface area contributed by atoms with Gasteiger partial charge in [0.15, 0.2) is 5.60 Å². The van der Waals surface area contributed by atoms with Gasteiger partial charge in [-0.15, -0.1) is 0 Å². The van der Waals surface area contributed by atoms with Crippen molar-refractivity contribution in [2.45, 2.75) is 11.2 Å². The van der Waals surface area contributed by atoms with Crippen LogP contribution in [-0.4, -0.2) is 101 Å². The number of hydrogen-bond donors (Lipinski definition) is 6. The molecular formula is C14H24O10S3. The van der Waals surface area contributed by atoms with Crippen molar-refractivity contribution in [1.82, 2.24) is 0 Å². The van der Waals surface area contributed by atoms with Crippen LogP contribution in [0.1, 0.15) is 0 Å². The van der Waals surface area contributed by atoms with Crippen LogP contribution in [0.15, 0.2) is 0 Å². The summed E-state index contributed by atoms with van der Waals surface area (Å²) < 4.78 is 20.2. The molecule has 0 spiro atoms. The van der Waals surface area contributed by atoms with Crippen molar-refractivity contribution in [2.75, 3.05) is 56.9 Å². The third-order valence-electron chi connectivity index (χ3n) is 3.17. The van der Waals surface area contributed by atoms with Crippen LogP contribution in [0.4, 0.5) is 0 Å². The Hall–Kier alpha value is -0.700. The number of aliphatic hydroxyl groups excluding tert-OH is 3. The SMILES string of the molecule is O=C(CS)OCC(CO)(CO)OC(CO)(COC(=O)CS)COC(=O)CS. The minimum atomic E-state index is -1.87. The average molecular weight is 449 g/mol. The summed E-state index contributed by atoms with van der Waals surface area (Å²) in [6.07, 6.45) is 0. The van der Waals surface area contributed by atoms with Crippen LogP contribution in [0.25, 0.3) is 0 Å². The summed E-state index contributed by atoms with van der Waals surface area (Å²) in [6, 6.07) is 0. The van der Waals surface area contributed by atoms with E-state index in [0.717, 1.165) is 0 Å². The number of thiol groups is 3. The molecule has 27 heavy (non-hydrogen) atoms. The molecule has 0 bridgehead atoms. The maximum absolute atomic E-state index is 11.4. The zero-order chi connectivity index (χ0) is 20.9. The van der Waals surface area contributed by atoms with Gasteiger partial charge in [-0.05, 0) is 0 Å². The Balaban J connectivity index is 5.51. The highest BCUT2D eigenvalue weighted by Crippen LogP contribution is 2.23. The van der Waals surface area contributed by atoms with Crippen molar-refractivity contribution >= 4 is 55.8 Å². The molecule has 0 saturated heterocycles. The minimum absolute atomic E-state index is 0.253. The third-order valence-corrected chi connectivity index (χ3v) is 3.95. The van der Waals surface area contributed by atoms with E-state index in [1.807, 2.05) is 0 Å². The topological polar surface area (TPSA) is 149 Å². The Labute approximate surface area is 172 Å². The standard InChI is InChI=1S/C14H24O10S3/c15-4-13(5-16,7-21-10(18)1-25)24-14(6-17,8-22-11(19)2-26)9-23-12(20)3-27/h15-17,25-27H,1-9H2. The summed E-state index contributed by atoms with van der Waals surface area (Å²) in [5, 5.41) is 29.1. The van der Waals surface area contributed by atoms with Gasteiger partial charge in [-0.1, -0.05) is 0 Å². The summed E-state index contributed by atoms with van der Waals surface area (Å²) in [5.41, 5.74) is -3.72. The number of carbonyl (C=O) groups is 3. The molecule has 13 heteroatoms. The fraction of sp³-hybridized carbons (Fsp3) is 0.786. The molecule has 0 aliphatic rings. The predicted octanol–water partition coefficient (Wildman–Crippen LogP) is -2.12. The van der Waals surface area contributed by atoms with Crippen LogP contribution < -0.4 is 0 Å². The molecule has 0 rings (SSSR count). The highest BCUT2D eigenvalue weighted by molar-refractivity contribution is 7.81. The minimum Gasteiger partial charge on any atom is -0.462 e. The van der Waals surface area contributed by atoms with Crippen LogP contribution in [0, 0.1) is 0 Å². The number of aliphatic hydroxyl groups is 3. The molecular weight excluding hydrogens is 424 g/mol. The van der Waals surface area contributed by atoms with Crippen molar-refractivity contribution in [3.63, 3.8) is 0 Å². The van der Waals surface area contributed by atoms with Crippen LogP contribution >= 0.6 is 37.9 Å². The lowest BCUT2D eigenvalue weighted by molar-refractivity contribution is -0.247.